The summed E-state index contributed by atoms with van der Waals surface area (Å²) in [7, 11) is 0. The summed E-state index contributed by atoms with van der Waals surface area (Å²) < 4.78 is 6.74. The molecule has 0 aromatic heterocycles. The molecule has 0 atom stereocenters. The van der Waals surface area contributed by atoms with Crippen molar-refractivity contribution in [1.29, 1.82) is 0 Å². The highest BCUT2D eigenvalue weighted by atomic mass is 127. The molecule has 2 rings (SSSR count). The van der Waals surface area contributed by atoms with Gasteiger partial charge in [0.15, 0.2) is 6.29 Å². The number of rotatable bonds is 5. The van der Waals surface area contributed by atoms with Gasteiger partial charge in [0.2, 0.25) is 0 Å². The van der Waals surface area contributed by atoms with Crippen LogP contribution in [0.15, 0.2) is 48.5 Å². The van der Waals surface area contributed by atoms with Crippen molar-refractivity contribution in [1.82, 2.24) is 0 Å². The Bertz CT molecular complexity index is 523. The Labute approximate surface area is 120 Å². The van der Waals surface area contributed by atoms with Gasteiger partial charge in [-0.25, -0.2) is 0 Å². The van der Waals surface area contributed by atoms with Gasteiger partial charge in [0.1, 0.15) is 5.75 Å². The Morgan fingerprint density at radius 2 is 1.89 bits per heavy atom. The summed E-state index contributed by atoms with van der Waals surface area (Å²) >= 11 is 2.21. The second-order valence-electron chi connectivity index (χ2n) is 3.88. The number of aldehydes is 1. The predicted molar refractivity (Wildman–Crippen MR) is 80.2 cm³/mol. The molecule has 92 valence electrons. The summed E-state index contributed by atoms with van der Waals surface area (Å²) in [6.07, 6.45) is 1.67. The summed E-state index contributed by atoms with van der Waals surface area (Å²) in [5.41, 5.74) is 1.83. The molecule has 0 radical (unpaired) electrons. The van der Waals surface area contributed by atoms with Gasteiger partial charge in [0.05, 0.1) is 12.2 Å². The van der Waals surface area contributed by atoms with E-state index in [9.17, 15) is 4.79 Å². The summed E-state index contributed by atoms with van der Waals surface area (Å²) in [4.78, 5) is 10.9. The maximum Gasteiger partial charge on any atom is 0.153 e. The van der Waals surface area contributed by atoms with E-state index in [4.69, 9.17) is 4.74 Å². The first-order valence-corrected chi connectivity index (χ1v) is 6.79. The van der Waals surface area contributed by atoms with Crippen molar-refractivity contribution in [2.24, 2.45) is 0 Å². The fourth-order valence-corrected chi connectivity index (χ4v) is 2.12. The van der Waals surface area contributed by atoms with E-state index < -0.39 is 0 Å². The molecule has 18 heavy (non-hydrogen) atoms. The first-order chi connectivity index (χ1) is 8.79. The highest BCUT2D eigenvalue weighted by molar-refractivity contribution is 14.1. The quantitative estimate of drug-likeness (QED) is 0.606. The van der Waals surface area contributed by atoms with E-state index in [1.807, 2.05) is 30.3 Å². The summed E-state index contributed by atoms with van der Waals surface area (Å²) in [6, 6.07) is 15.7. The molecule has 0 saturated carbocycles. The molecule has 0 unspecified atom stereocenters. The minimum Gasteiger partial charge on any atom is -0.492 e. The van der Waals surface area contributed by atoms with E-state index in [0.717, 1.165) is 16.3 Å². The second-order valence-corrected chi connectivity index (χ2v) is 5.13. The van der Waals surface area contributed by atoms with Crippen LogP contribution in [0.1, 0.15) is 15.9 Å². The maximum absolute atomic E-state index is 10.9. The zero-order valence-electron chi connectivity index (χ0n) is 9.80. The largest absolute Gasteiger partial charge is 0.492 e. The van der Waals surface area contributed by atoms with Gasteiger partial charge in [0.25, 0.3) is 0 Å². The lowest BCUT2D eigenvalue weighted by Crippen LogP contribution is -2.03. The second kappa shape index (κ2) is 6.54. The van der Waals surface area contributed by atoms with Crippen molar-refractivity contribution in [2.45, 2.75) is 6.42 Å². The van der Waals surface area contributed by atoms with Gasteiger partial charge in [0, 0.05) is 9.99 Å². The molecule has 2 aromatic carbocycles. The molecular weight excluding hydrogens is 339 g/mol. The zero-order valence-corrected chi connectivity index (χ0v) is 12.0. The Morgan fingerprint density at radius 1 is 1.11 bits per heavy atom. The van der Waals surface area contributed by atoms with E-state index >= 15 is 0 Å². The lowest BCUT2D eigenvalue weighted by atomic mass is 10.2. The molecular formula is C15H13IO2. The van der Waals surface area contributed by atoms with E-state index in [0.29, 0.717) is 17.9 Å². The predicted octanol–water partition coefficient (Wildman–Crippen LogP) is 3.73. The first-order valence-electron chi connectivity index (χ1n) is 5.71. The van der Waals surface area contributed by atoms with Crippen LogP contribution in [0.2, 0.25) is 0 Å². The molecule has 2 nitrogen and oxygen atoms in total. The molecule has 0 amide bonds. The Balaban J connectivity index is 1.98. The van der Waals surface area contributed by atoms with Crippen molar-refractivity contribution >= 4 is 28.9 Å². The Kier molecular flexibility index (Phi) is 4.75. The molecule has 0 saturated heterocycles. The van der Waals surface area contributed by atoms with Crippen LogP contribution in [0, 0.1) is 3.57 Å². The number of halogens is 1. The maximum atomic E-state index is 10.9. The van der Waals surface area contributed by atoms with Crippen LogP contribution in [0.5, 0.6) is 5.75 Å². The molecule has 0 aliphatic rings. The van der Waals surface area contributed by atoms with Crippen molar-refractivity contribution in [3.05, 3.63) is 63.2 Å². The molecule has 0 heterocycles. The van der Waals surface area contributed by atoms with E-state index in [-0.39, 0.29) is 0 Å². The van der Waals surface area contributed by atoms with E-state index in [1.54, 1.807) is 6.07 Å². The van der Waals surface area contributed by atoms with Crippen LogP contribution >= 0.6 is 22.6 Å². The van der Waals surface area contributed by atoms with E-state index in [2.05, 4.69) is 34.7 Å². The number of benzene rings is 2. The van der Waals surface area contributed by atoms with Gasteiger partial charge in [-0.15, -0.1) is 0 Å². The van der Waals surface area contributed by atoms with E-state index in [1.165, 1.54) is 5.56 Å². The van der Waals surface area contributed by atoms with Crippen LogP contribution in [-0.2, 0) is 6.42 Å². The molecule has 0 aliphatic heterocycles. The third-order valence-electron chi connectivity index (χ3n) is 2.59. The third-order valence-corrected chi connectivity index (χ3v) is 3.26. The number of ether oxygens (including phenoxy) is 1. The van der Waals surface area contributed by atoms with Gasteiger partial charge in [-0.1, -0.05) is 30.3 Å². The van der Waals surface area contributed by atoms with Crippen molar-refractivity contribution in [2.75, 3.05) is 6.61 Å². The van der Waals surface area contributed by atoms with Gasteiger partial charge < -0.3 is 4.74 Å². The smallest absolute Gasteiger partial charge is 0.153 e. The van der Waals surface area contributed by atoms with Crippen LogP contribution in [-0.4, -0.2) is 12.9 Å². The number of hydrogen-bond acceptors (Lipinski definition) is 2. The summed E-state index contributed by atoms with van der Waals surface area (Å²) in [6.45, 7) is 0.574. The lowest BCUT2D eigenvalue weighted by Gasteiger charge is -2.08. The molecule has 3 heteroatoms. The summed E-state index contributed by atoms with van der Waals surface area (Å²) in [5.74, 6) is 0.660. The Morgan fingerprint density at radius 3 is 2.61 bits per heavy atom. The zero-order chi connectivity index (χ0) is 12.8. The number of carbonyl (C=O) groups excluding carboxylic acids is 1. The molecule has 0 N–H and O–H groups in total. The summed E-state index contributed by atoms with van der Waals surface area (Å²) in [5, 5.41) is 0. The van der Waals surface area contributed by atoms with Crippen molar-refractivity contribution in [3.8, 4) is 5.75 Å². The first kappa shape index (κ1) is 13.1. The van der Waals surface area contributed by atoms with Gasteiger partial charge >= 0.3 is 0 Å². The minimum atomic E-state index is 0.574. The highest BCUT2D eigenvalue weighted by Gasteiger charge is 2.03. The highest BCUT2D eigenvalue weighted by Crippen LogP contribution is 2.20. The fourth-order valence-electron chi connectivity index (χ4n) is 1.65. The molecule has 0 aliphatic carbocycles. The lowest BCUT2D eigenvalue weighted by molar-refractivity contribution is 0.111. The molecule has 0 spiro atoms. The fraction of sp³-hybridized carbons (Fsp3) is 0.133. The SMILES string of the molecule is O=Cc1ccc(I)cc1OCCc1ccccc1. The van der Waals surface area contributed by atoms with Crippen LogP contribution in [0.3, 0.4) is 0 Å². The topological polar surface area (TPSA) is 26.3 Å². The minimum absolute atomic E-state index is 0.574. The van der Waals surface area contributed by atoms with Crippen molar-refractivity contribution in [3.63, 3.8) is 0 Å². The molecule has 0 fully saturated rings. The van der Waals surface area contributed by atoms with Crippen LogP contribution in [0.25, 0.3) is 0 Å². The standard InChI is InChI=1S/C15H13IO2/c16-14-7-6-13(11-17)15(10-14)18-9-8-12-4-2-1-3-5-12/h1-7,10-11H,8-9H2. The number of carbonyl (C=O) groups is 1. The average Bonchev–Trinajstić information content (AvgIpc) is 2.40. The monoisotopic (exact) mass is 352 g/mol. The van der Waals surface area contributed by atoms with Crippen LogP contribution in [0.4, 0.5) is 0 Å². The molecule has 0 bridgehead atoms. The number of hydrogen-bond donors (Lipinski definition) is 0. The van der Waals surface area contributed by atoms with Crippen molar-refractivity contribution < 1.29 is 9.53 Å². The average molecular weight is 352 g/mol. The van der Waals surface area contributed by atoms with Gasteiger partial charge in [-0.05, 0) is 46.4 Å². The normalized spacial score (nSPS) is 10.1. The van der Waals surface area contributed by atoms with Gasteiger partial charge in [-0.3, -0.25) is 4.79 Å². The van der Waals surface area contributed by atoms with Gasteiger partial charge in [-0.2, -0.15) is 0 Å². The molecule has 2 aromatic rings. The third kappa shape index (κ3) is 3.57. The Hall–Kier alpha value is -1.36. The van der Waals surface area contributed by atoms with Crippen LogP contribution < -0.4 is 4.74 Å².